The Morgan fingerprint density at radius 1 is 1.09 bits per heavy atom. The van der Waals surface area contributed by atoms with Crippen molar-refractivity contribution in [3.8, 4) is 0 Å². The number of nitrogens with zero attached hydrogens (tertiary/aromatic N) is 3. The minimum absolute atomic E-state index is 0.0181. The van der Waals surface area contributed by atoms with Crippen LogP contribution in [0.25, 0.3) is 10.9 Å². The van der Waals surface area contributed by atoms with Crippen molar-refractivity contribution in [1.82, 2.24) is 9.97 Å². The molecule has 0 fully saturated rings. The Balaban J connectivity index is 1.79. The second-order valence-electron chi connectivity index (χ2n) is 7.32. The highest BCUT2D eigenvalue weighted by Gasteiger charge is 2.20. The maximum atomic E-state index is 12.8. The van der Waals surface area contributed by atoms with Gasteiger partial charge in [-0.3, -0.25) is 24.7 Å². The summed E-state index contributed by atoms with van der Waals surface area (Å²) in [4.78, 5) is 44.0. The maximum absolute atomic E-state index is 12.8. The predicted octanol–water partition coefficient (Wildman–Crippen LogP) is 5.09. The Kier molecular flexibility index (Phi) is 6.76. The molecule has 4 rings (SSSR count). The smallest absolute Gasteiger partial charge is 0.272 e. The zero-order valence-electron chi connectivity index (χ0n) is 17.5. The van der Waals surface area contributed by atoms with Crippen molar-refractivity contribution in [2.75, 3.05) is 16.8 Å². The molecular weight excluding hydrogens is 481 g/mol. The molecule has 0 bridgehead atoms. The molecular formula is C23H17Cl2N5O4. The molecule has 9 nitrogen and oxygen atoms in total. The van der Waals surface area contributed by atoms with Crippen LogP contribution in [0.15, 0.2) is 65.5 Å². The minimum Gasteiger partial charge on any atom is -0.326 e. The fourth-order valence-electron chi connectivity index (χ4n) is 3.43. The normalized spacial score (nSPS) is 10.8. The summed E-state index contributed by atoms with van der Waals surface area (Å²) in [6.07, 6.45) is 1.07. The number of hydrogen-bond donors (Lipinski definition) is 2. The molecule has 0 unspecified atom stereocenters. The largest absolute Gasteiger partial charge is 0.326 e. The lowest BCUT2D eigenvalue weighted by atomic mass is 10.1. The molecule has 0 aliphatic rings. The van der Waals surface area contributed by atoms with Gasteiger partial charge in [-0.05, 0) is 30.2 Å². The van der Waals surface area contributed by atoms with Crippen LogP contribution in [0.4, 0.5) is 23.0 Å². The number of carbonyl (C=O) groups excluding carboxylic acids is 1. The van der Waals surface area contributed by atoms with Crippen molar-refractivity contribution >= 4 is 63.5 Å². The monoisotopic (exact) mass is 497 g/mol. The number of benzene rings is 3. The first-order valence-corrected chi connectivity index (χ1v) is 10.8. The number of nitro groups is 1. The summed E-state index contributed by atoms with van der Waals surface area (Å²) in [5.74, 6) is 0.0694. The van der Waals surface area contributed by atoms with E-state index in [9.17, 15) is 19.7 Å². The Morgan fingerprint density at radius 3 is 2.53 bits per heavy atom. The third-order valence-corrected chi connectivity index (χ3v) is 5.83. The third-order valence-electron chi connectivity index (χ3n) is 5.09. The zero-order valence-corrected chi connectivity index (χ0v) is 19.0. The number of non-ortho nitro benzene ring substituents is 1. The van der Waals surface area contributed by atoms with Gasteiger partial charge in [0.05, 0.1) is 26.0 Å². The molecule has 0 aliphatic heterocycles. The summed E-state index contributed by atoms with van der Waals surface area (Å²) in [6.45, 7) is 0.230. The first-order valence-electron chi connectivity index (χ1n) is 10.1. The van der Waals surface area contributed by atoms with Crippen LogP contribution in [0.5, 0.6) is 0 Å². The summed E-state index contributed by atoms with van der Waals surface area (Å²) >= 11 is 12.0. The van der Waals surface area contributed by atoms with Gasteiger partial charge in [0.1, 0.15) is 5.52 Å². The molecule has 0 saturated carbocycles. The van der Waals surface area contributed by atoms with Gasteiger partial charge >= 0.3 is 0 Å². The van der Waals surface area contributed by atoms with E-state index in [-0.39, 0.29) is 34.8 Å². The summed E-state index contributed by atoms with van der Waals surface area (Å²) < 4.78 is 0. The van der Waals surface area contributed by atoms with Crippen molar-refractivity contribution in [1.29, 1.82) is 0 Å². The molecule has 172 valence electrons. The fourth-order valence-corrected chi connectivity index (χ4v) is 3.73. The Hall–Kier alpha value is -3.95. The Labute approximate surface area is 203 Å². The number of hydrogen-bond acceptors (Lipinski definition) is 6. The molecule has 0 saturated heterocycles. The van der Waals surface area contributed by atoms with Crippen molar-refractivity contribution in [2.45, 2.75) is 6.42 Å². The lowest BCUT2D eigenvalue weighted by Gasteiger charge is -2.19. The van der Waals surface area contributed by atoms with Gasteiger partial charge in [0, 0.05) is 24.4 Å². The van der Waals surface area contributed by atoms with Crippen LogP contribution in [0.3, 0.4) is 0 Å². The van der Waals surface area contributed by atoms with E-state index in [0.29, 0.717) is 28.6 Å². The van der Waals surface area contributed by atoms with E-state index >= 15 is 0 Å². The SMILES string of the molecule is O=CN(CCc1ccccc1)c1cc([N+](=O)[O-])cc2c(=O)[nH]c(Nc3ccc(Cl)c(Cl)c3)nc12. The van der Waals surface area contributed by atoms with Crippen LogP contribution >= 0.6 is 23.2 Å². The quantitative estimate of drug-likeness (QED) is 0.198. The van der Waals surface area contributed by atoms with Gasteiger partial charge in [0.2, 0.25) is 12.4 Å². The first kappa shape index (κ1) is 23.2. The number of rotatable bonds is 8. The molecule has 1 aromatic heterocycles. The molecule has 11 heteroatoms. The summed E-state index contributed by atoms with van der Waals surface area (Å²) in [6, 6.07) is 16.6. The van der Waals surface area contributed by atoms with Crippen LogP contribution in [0, 0.1) is 10.1 Å². The molecule has 3 aromatic carbocycles. The lowest BCUT2D eigenvalue weighted by Crippen LogP contribution is -2.25. The number of fused-ring (bicyclic) bond motifs is 1. The van der Waals surface area contributed by atoms with Gasteiger partial charge < -0.3 is 10.2 Å². The fraction of sp³-hybridized carbons (Fsp3) is 0.0870. The standard InChI is InChI=1S/C23H17Cl2N5O4/c24-18-7-6-15(10-19(18)25)26-23-27-21-17(22(32)28-23)11-16(30(33)34)12-20(21)29(13-31)9-8-14-4-2-1-3-5-14/h1-7,10-13H,8-9H2,(H2,26,27,28,32). The van der Waals surface area contributed by atoms with Crippen molar-refractivity contribution < 1.29 is 9.72 Å². The van der Waals surface area contributed by atoms with Gasteiger partial charge in [-0.25, -0.2) is 4.98 Å². The molecule has 4 aromatic rings. The van der Waals surface area contributed by atoms with Crippen LogP contribution in [-0.4, -0.2) is 27.8 Å². The van der Waals surface area contributed by atoms with Crippen molar-refractivity contribution in [2.24, 2.45) is 0 Å². The number of amides is 1. The van der Waals surface area contributed by atoms with Gasteiger partial charge in [0.15, 0.2) is 0 Å². The number of carbonyl (C=O) groups is 1. The second kappa shape index (κ2) is 9.90. The molecule has 34 heavy (non-hydrogen) atoms. The average Bonchev–Trinajstić information content (AvgIpc) is 2.82. The number of nitro benzene ring substituents is 1. The molecule has 0 atom stereocenters. The zero-order chi connectivity index (χ0) is 24.2. The van der Waals surface area contributed by atoms with Gasteiger partial charge in [-0.15, -0.1) is 0 Å². The summed E-state index contributed by atoms with van der Waals surface area (Å²) in [7, 11) is 0. The third kappa shape index (κ3) is 5.00. The van der Waals surface area contributed by atoms with Crippen LogP contribution in [0.1, 0.15) is 5.56 Å². The Morgan fingerprint density at radius 2 is 1.85 bits per heavy atom. The molecule has 1 heterocycles. The van der Waals surface area contributed by atoms with Gasteiger partial charge in [0.25, 0.3) is 11.2 Å². The summed E-state index contributed by atoms with van der Waals surface area (Å²) in [5.41, 5.74) is 0.849. The first-order chi connectivity index (χ1) is 16.4. The number of aromatic nitrogens is 2. The number of anilines is 3. The number of aromatic amines is 1. The molecule has 0 aliphatic carbocycles. The highest BCUT2D eigenvalue weighted by atomic mass is 35.5. The van der Waals surface area contributed by atoms with E-state index in [1.54, 1.807) is 18.2 Å². The van der Waals surface area contributed by atoms with Crippen LogP contribution in [0.2, 0.25) is 10.0 Å². The number of halogens is 2. The van der Waals surface area contributed by atoms with E-state index < -0.39 is 10.5 Å². The topological polar surface area (TPSA) is 121 Å². The second-order valence-corrected chi connectivity index (χ2v) is 8.14. The summed E-state index contributed by atoms with van der Waals surface area (Å²) in [5, 5.41) is 15.1. The highest BCUT2D eigenvalue weighted by Crippen LogP contribution is 2.31. The lowest BCUT2D eigenvalue weighted by molar-refractivity contribution is -0.384. The minimum atomic E-state index is -0.621. The van der Waals surface area contributed by atoms with Crippen LogP contribution in [-0.2, 0) is 11.2 Å². The molecule has 0 spiro atoms. The predicted molar refractivity (Wildman–Crippen MR) is 132 cm³/mol. The average molecular weight is 498 g/mol. The maximum Gasteiger partial charge on any atom is 0.272 e. The van der Waals surface area contributed by atoms with E-state index in [1.807, 2.05) is 30.3 Å². The van der Waals surface area contributed by atoms with E-state index in [1.165, 1.54) is 11.0 Å². The molecule has 1 amide bonds. The van der Waals surface area contributed by atoms with Gasteiger partial charge in [-0.1, -0.05) is 53.5 Å². The van der Waals surface area contributed by atoms with Crippen molar-refractivity contribution in [3.63, 3.8) is 0 Å². The number of nitrogens with one attached hydrogen (secondary N) is 2. The molecule has 2 N–H and O–H groups in total. The van der Waals surface area contributed by atoms with Crippen LogP contribution < -0.4 is 15.8 Å². The van der Waals surface area contributed by atoms with E-state index in [2.05, 4.69) is 15.3 Å². The van der Waals surface area contributed by atoms with Gasteiger partial charge in [-0.2, -0.15) is 0 Å². The van der Waals surface area contributed by atoms with E-state index in [0.717, 1.165) is 11.6 Å². The van der Waals surface area contributed by atoms with Crippen molar-refractivity contribution in [3.05, 3.63) is 96.7 Å². The number of H-pyrrole nitrogens is 1. The Bertz CT molecular complexity index is 1440. The molecule has 0 radical (unpaired) electrons. The highest BCUT2D eigenvalue weighted by molar-refractivity contribution is 6.42. The van der Waals surface area contributed by atoms with E-state index in [4.69, 9.17) is 23.2 Å².